The van der Waals surface area contributed by atoms with Crippen molar-refractivity contribution in [2.45, 2.75) is 0 Å². The Kier molecular flexibility index (Phi) is 2.19. The van der Waals surface area contributed by atoms with Crippen LogP contribution in [0, 0.1) is 3.01 Å². The molecule has 0 spiro atoms. The molecule has 0 radical (unpaired) electrons. The van der Waals surface area contributed by atoms with Gasteiger partial charge in [-0.3, -0.25) is 0 Å². The van der Waals surface area contributed by atoms with Crippen LogP contribution in [0.3, 0.4) is 0 Å². The average molecular weight is 294 g/mol. The third-order valence-electron chi connectivity index (χ3n) is 1.13. The van der Waals surface area contributed by atoms with E-state index in [2.05, 4.69) is 38.9 Å². The van der Waals surface area contributed by atoms with Gasteiger partial charge in [0.1, 0.15) is 0 Å². The van der Waals surface area contributed by atoms with Crippen molar-refractivity contribution in [3.05, 3.63) is 20.5 Å². The summed E-state index contributed by atoms with van der Waals surface area (Å²) in [7, 11) is 0. The maximum atomic E-state index is 4.03. The van der Waals surface area contributed by atoms with Crippen molar-refractivity contribution in [2.75, 3.05) is 0 Å². The highest BCUT2D eigenvalue weighted by Crippen LogP contribution is 2.27. The standard InChI is InChI=1S/C6H3IN2S2/c7-6-9-8-5(11-6)4-2-1-3-10-4/h1-3H. The predicted molar refractivity (Wildman–Crippen MR) is 55.9 cm³/mol. The summed E-state index contributed by atoms with van der Waals surface area (Å²) in [5.41, 5.74) is 0. The number of nitrogens with zero attached hydrogens (tertiary/aromatic N) is 2. The highest BCUT2D eigenvalue weighted by molar-refractivity contribution is 14.1. The Morgan fingerprint density at radius 3 is 2.82 bits per heavy atom. The van der Waals surface area contributed by atoms with Gasteiger partial charge in [0.2, 0.25) is 0 Å². The minimum absolute atomic E-state index is 0.992. The lowest BCUT2D eigenvalue weighted by atomic mass is 10.5. The topological polar surface area (TPSA) is 25.8 Å². The molecule has 2 rings (SSSR count). The summed E-state index contributed by atoms with van der Waals surface area (Å²) in [6.07, 6.45) is 0. The van der Waals surface area contributed by atoms with E-state index >= 15 is 0 Å². The molecule has 0 unspecified atom stereocenters. The van der Waals surface area contributed by atoms with Crippen molar-refractivity contribution in [1.82, 2.24) is 10.2 Å². The van der Waals surface area contributed by atoms with Crippen LogP contribution in [0.1, 0.15) is 0 Å². The van der Waals surface area contributed by atoms with Crippen molar-refractivity contribution in [1.29, 1.82) is 0 Å². The van der Waals surface area contributed by atoms with Crippen LogP contribution in [0.4, 0.5) is 0 Å². The molecule has 0 aromatic carbocycles. The Labute approximate surface area is 85.4 Å². The Morgan fingerprint density at radius 1 is 1.36 bits per heavy atom. The first-order valence-corrected chi connectivity index (χ1v) is 5.66. The van der Waals surface area contributed by atoms with E-state index in [-0.39, 0.29) is 0 Å². The van der Waals surface area contributed by atoms with Crippen LogP contribution in [0.5, 0.6) is 0 Å². The van der Waals surface area contributed by atoms with Gasteiger partial charge in [0.15, 0.2) is 8.02 Å². The van der Waals surface area contributed by atoms with Crippen molar-refractivity contribution in [3.8, 4) is 9.88 Å². The maximum Gasteiger partial charge on any atom is 0.178 e. The van der Waals surface area contributed by atoms with Crippen molar-refractivity contribution in [3.63, 3.8) is 0 Å². The number of thiophene rings is 1. The van der Waals surface area contributed by atoms with Gasteiger partial charge >= 0.3 is 0 Å². The summed E-state index contributed by atoms with van der Waals surface area (Å²) in [6, 6.07) is 4.08. The summed E-state index contributed by atoms with van der Waals surface area (Å²) in [5, 5.41) is 11.0. The Morgan fingerprint density at radius 2 is 2.27 bits per heavy atom. The number of aromatic nitrogens is 2. The quantitative estimate of drug-likeness (QED) is 0.756. The van der Waals surface area contributed by atoms with Crippen molar-refractivity contribution >= 4 is 45.3 Å². The Balaban J connectivity index is 2.45. The molecule has 0 aliphatic carbocycles. The van der Waals surface area contributed by atoms with E-state index in [9.17, 15) is 0 Å². The molecule has 0 atom stereocenters. The SMILES string of the molecule is Ic1nnc(-c2cccs2)s1. The molecule has 2 aromatic rings. The van der Waals surface area contributed by atoms with Crippen LogP contribution in [-0.4, -0.2) is 10.2 Å². The van der Waals surface area contributed by atoms with Crippen LogP contribution < -0.4 is 0 Å². The molecular weight excluding hydrogens is 291 g/mol. The van der Waals surface area contributed by atoms with E-state index in [1.165, 1.54) is 4.88 Å². The highest BCUT2D eigenvalue weighted by atomic mass is 127. The van der Waals surface area contributed by atoms with Crippen LogP contribution >= 0.6 is 45.3 Å². The molecule has 2 aromatic heterocycles. The summed E-state index contributed by atoms with van der Waals surface area (Å²) in [6.45, 7) is 0. The van der Waals surface area contributed by atoms with Crippen LogP contribution in [0.25, 0.3) is 9.88 Å². The van der Waals surface area contributed by atoms with Gasteiger partial charge < -0.3 is 0 Å². The molecule has 0 N–H and O–H groups in total. The molecule has 5 heteroatoms. The average Bonchev–Trinajstić information content (AvgIpc) is 2.55. The number of halogens is 1. The smallest absolute Gasteiger partial charge is 0.141 e. The second kappa shape index (κ2) is 3.16. The van der Waals surface area contributed by atoms with Gasteiger partial charge in [0.25, 0.3) is 0 Å². The molecule has 0 fully saturated rings. The summed E-state index contributed by atoms with van der Waals surface area (Å²) < 4.78 is 0.992. The summed E-state index contributed by atoms with van der Waals surface area (Å²) >= 11 is 5.49. The summed E-state index contributed by atoms with van der Waals surface area (Å²) in [4.78, 5) is 1.20. The van der Waals surface area contributed by atoms with E-state index in [0.717, 1.165) is 8.02 Å². The first kappa shape index (κ1) is 7.63. The van der Waals surface area contributed by atoms with Crippen LogP contribution in [-0.2, 0) is 0 Å². The molecule has 0 aliphatic rings. The third-order valence-corrected chi connectivity index (χ3v) is 3.76. The van der Waals surface area contributed by atoms with Gasteiger partial charge in [-0.2, -0.15) is 0 Å². The second-order valence-corrected chi connectivity index (χ2v) is 5.52. The van der Waals surface area contributed by atoms with E-state index in [1.54, 1.807) is 22.7 Å². The zero-order chi connectivity index (χ0) is 7.68. The maximum absolute atomic E-state index is 4.03. The van der Waals surface area contributed by atoms with E-state index in [4.69, 9.17) is 0 Å². The van der Waals surface area contributed by atoms with Crippen molar-refractivity contribution in [2.24, 2.45) is 0 Å². The fraction of sp³-hybridized carbons (Fsp3) is 0. The molecule has 11 heavy (non-hydrogen) atoms. The van der Waals surface area contributed by atoms with Gasteiger partial charge in [0, 0.05) is 0 Å². The minimum Gasteiger partial charge on any atom is -0.141 e. The zero-order valence-electron chi connectivity index (χ0n) is 5.32. The van der Waals surface area contributed by atoms with E-state index in [1.807, 2.05) is 11.4 Å². The largest absolute Gasteiger partial charge is 0.178 e. The minimum atomic E-state index is 0.992. The van der Waals surface area contributed by atoms with Gasteiger partial charge in [-0.05, 0) is 34.0 Å². The normalized spacial score (nSPS) is 10.3. The zero-order valence-corrected chi connectivity index (χ0v) is 9.11. The monoisotopic (exact) mass is 294 g/mol. The van der Waals surface area contributed by atoms with Crippen molar-refractivity contribution < 1.29 is 0 Å². The van der Waals surface area contributed by atoms with Gasteiger partial charge in [-0.1, -0.05) is 17.4 Å². The van der Waals surface area contributed by atoms with E-state index < -0.39 is 0 Å². The highest BCUT2D eigenvalue weighted by Gasteiger charge is 2.03. The Hall–Kier alpha value is -0.0100. The molecule has 56 valence electrons. The van der Waals surface area contributed by atoms with Crippen LogP contribution in [0.15, 0.2) is 17.5 Å². The predicted octanol–water partition coefficient (Wildman–Crippen LogP) is 2.87. The molecule has 2 nitrogen and oxygen atoms in total. The summed E-state index contributed by atoms with van der Waals surface area (Å²) in [5.74, 6) is 0. The number of hydrogen-bond acceptors (Lipinski definition) is 4. The first-order chi connectivity index (χ1) is 5.36. The third kappa shape index (κ3) is 1.60. The number of hydrogen-bond donors (Lipinski definition) is 0. The number of rotatable bonds is 1. The lowest BCUT2D eigenvalue weighted by Crippen LogP contribution is -1.69. The van der Waals surface area contributed by atoms with Gasteiger partial charge in [-0.15, -0.1) is 21.5 Å². The molecule has 0 bridgehead atoms. The fourth-order valence-electron chi connectivity index (χ4n) is 0.705. The molecule has 0 saturated heterocycles. The Bertz CT molecular complexity index is 341. The van der Waals surface area contributed by atoms with Crippen LogP contribution in [0.2, 0.25) is 0 Å². The lowest BCUT2D eigenvalue weighted by Gasteiger charge is -1.81. The second-order valence-electron chi connectivity index (χ2n) is 1.84. The van der Waals surface area contributed by atoms with Gasteiger partial charge in [-0.25, -0.2) is 0 Å². The molecule has 0 saturated carbocycles. The molecular formula is C6H3IN2S2. The van der Waals surface area contributed by atoms with E-state index in [0.29, 0.717) is 0 Å². The molecule has 0 aliphatic heterocycles. The lowest BCUT2D eigenvalue weighted by molar-refractivity contribution is 1.08. The first-order valence-electron chi connectivity index (χ1n) is 2.89. The van der Waals surface area contributed by atoms with Gasteiger partial charge in [0.05, 0.1) is 4.88 Å². The molecule has 0 amide bonds. The molecule has 2 heterocycles. The fourth-order valence-corrected chi connectivity index (χ4v) is 2.80.